The van der Waals surface area contributed by atoms with E-state index >= 15 is 0 Å². The van der Waals surface area contributed by atoms with Crippen molar-refractivity contribution in [2.24, 2.45) is 5.73 Å². The summed E-state index contributed by atoms with van der Waals surface area (Å²) in [6.07, 6.45) is 0. The summed E-state index contributed by atoms with van der Waals surface area (Å²) in [5.74, 6) is -0.980. The summed E-state index contributed by atoms with van der Waals surface area (Å²) in [5.41, 5.74) is 9.05. The van der Waals surface area contributed by atoms with Gasteiger partial charge in [0.15, 0.2) is 0 Å². The largest absolute Gasteiger partial charge is 0.376 e. The molecule has 0 saturated carbocycles. The molecule has 3 aromatic carbocycles. The topological polar surface area (TPSA) is 113 Å². The van der Waals surface area contributed by atoms with Gasteiger partial charge in [-0.3, -0.25) is 14.4 Å². The van der Waals surface area contributed by atoms with Crippen molar-refractivity contribution in [3.05, 3.63) is 89.5 Å². The van der Waals surface area contributed by atoms with Gasteiger partial charge in [0.2, 0.25) is 11.8 Å². The van der Waals surface area contributed by atoms with Crippen molar-refractivity contribution in [1.82, 2.24) is 0 Å². The van der Waals surface area contributed by atoms with Crippen LogP contribution in [0.4, 0.5) is 17.1 Å². The molecule has 0 spiro atoms. The van der Waals surface area contributed by atoms with Crippen LogP contribution >= 0.6 is 0 Å². The molecule has 3 amide bonds. The van der Waals surface area contributed by atoms with E-state index in [1.165, 1.54) is 0 Å². The first-order valence-corrected chi connectivity index (χ1v) is 9.32. The zero-order valence-electron chi connectivity index (χ0n) is 16.4. The van der Waals surface area contributed by atoms with Crippen LogP contribution in [0.1, 0.15) is 26.3 Å². The lowest BCUT2D eigenvalue weighted by Gasteiger charge is -2.10. The zero-order chi connectivity index (χ0) is 21.5. The Kier molecular flexibility index (Phi) is 6.44. The molecule has 3 rings (SSSR count). The zero-order valence-corrected chi connectivity index (χ0v) is 16.4. The first-order valence-electron chi connectivity index (χ1n) is 9.32. The molecule has 0 radical (unpaired) electrons. The third kappa shape index (κ3) is 5.68. The Bertz CT molecular complexity index is 1080. The predicted octanol–water partition coefficient (Wildman–Crippen LogP) is 3.40. The van der Waals surface area contributed by atoms with Gasteiger partial charge < -0.3 is 21.7 Å². The van der Waals surface area contributed by atoms with Crippen molar-refractivity contribution in [1.29, 1.82) is 0 Å². The highest BCUT2D eigenvalue weighted by atomic mass is 16.2. The van der Waals surface area contributed by atoms with E-state index in [9.17, 15) is 14.4 Å². The molecule has 30 heavy (non-hydrogen) atoms. The fourth-order valence-corrected chi connectivity index (χ4v) is 2.80. The summed E-state index contributed by atoms with van der Waals surface area (Å²) in [7, 11) is 0. The Labute approximate surface area is 174 Å². The van der Waals surface area contributed by atoms with Crippen molar-refractivity contribution in [3.8, 4) is 0 Å². The molecule has 7 nitrogen and oxygen atoms in total. The second-order valence-corrected chi connectivity index (χ2v) is 6.75. The van der Waals surface area contributed by atoms with Crippen LogP contribution in [-0.4, -0.2) is 24.3 Å². The molecule has 0 aliphatic rings. The first-order chi connectivity index (χ1) is 14.4. The highest BCUT2D eigenvalue weighted by Gasteiger charge is 2.07. The number of nitrogens with one attached hydrogen (secondary N) is 3. The highest BCUT2D eigenvalue weighted by Crippen LogP contribution is 2.15. The molecule has 0 fully saturated rings. The second-order valence-electron chi connectivity index (χ2n) is 6.75. The monoisotopic (exact) mass is 402 g/mol. The van der Waals surface area contributed by atoms with Gasteiger partial charge in [0.05, 0.1) is 6.54 Å². The van der Waals surface area contributed by atoms with Crippen LogP contribution in [0.25, 0.3) is 0 Å². The molecular weight excluding hydrogens is 380 g/mol. The highest BCUT2D eigenvalue weighted by molar-refractivity contribution is 6.04. The molecule has 152 valence electrons. The lowest BCUT2D eigenvalue weighted by molar-refractivity contribution is -0.114. The summed E-state index contributed by atoms with van der Waals surface area (Å²) >= 11 is 0. The minimum Gasteiger partial charge on any atom is -0.376 e. The van der Waals surface area contributed by atoms with E-state index in [1.807, 2.05) is 25.1 Å². The van der Waals surface area contributed by atoms with Gasteiger partial charge in [0.1, 0.15) is 0 Å². The van der Waals surface area contributed by atoms with Crippen molar-refractivity contribution >= 4 is 34.8 Å². The number of carbonyl (C=O) groups excluding carboxylic acids is 3. The van der Waals surface area contributed by atoms with Crippen LogP contribution in [0.5, 0.6) is 0 Å². The molecule has 0 heterocycles. The molecule has 0 saturated heterocycles. The molecule has 0 unspecified atom stereocenters. The molecule has 0 atom stereocenters. The maximum atomic E-state index is 12.3. The number of hydrogen-bond donors (Lipinski definition) is 4. The smallest absolute Gasteiger partial charge is 0.255 e. The Hall–Kier alpha value is -4.13. The predicted molar refractivity (Wildman–Crippen MR) is 118 cm³/mol. The Morgan fingerprint density at radius 2 is 1.40 bits per heavy atom. The summed E-state index contributed by atoms with van der Waals surface area (Å²) in [6.45, 7) is 1.95. The number of benzene rings is 3. The number of hydrogen-bond acceptors (Lipinski definition) is 4. The maximum absolute atomic E-state index is 12.3. The van der Waals surface area contributed by atoms with E-state index < -0.39 is 5.91 Å². The van der Waals surface area contributed by atoms with Crippen molar-refractivity contribution < 1.29 is 14.4 Å². The molecule has 3 aromatic rings. The van der Waals surface area contributed by atoms with Crippen molar-refractivity contribution in [2.75, 3.05) is 22.5 Å². The van der Waals surface area contributed by atoms with E-state index in [0.29, 0.717) is 28.2 Å². The van der Waals surface area contributed by atoms with E-state index in [0.717, 1.165) is 5.56 Å². The molecule has 7 heteroatoms. The number of anilines is 3. The maximum Gasteiger partial charge on any atom is 0.255 e. The van der Waals surface area contributed by atoms with Crippen molar-refractivity contribution in [2.45, 2.75) is 6.92 Å². The van der Waals surface area contributed by atoms with Gasteiger partial charge in [-0.2, -0.15) is 0 Å². The average Bonchev–Trinajstić information content (AvgIpc) is 2.74. The Morgan fingerprint density at radius 3 is 2.07 bits per heavy atom. The normalized spacial score (nSPS) is 10.2. The van der Waals surface area contributed by atoms with E-state index in [1.54, 1.807) is 54.6 Å². The Balaban J connectivity index is 1.52. The van der Waals surface area contributed by atoms with E-state index in [4.69, 9.17) is 5.73 Å². The standard InChI is InChI=1S/C23H22N4O3/c1-15-4-2-6-17(12-15)23(30)27-19-10-8-18(9-11-19)26-21(28)14-25-20-7-3-5-16(13-20)22(24)29/h2-13,25H,14H2,1H3,(H2,24,29)(H,26,28)(H,27,30). The SMILES string of the molecule is Cc1cccc(C(=O)Nc2ccc(NC(=O)CNc3cccc(C(N)=O)c3)cc2)c1. The fraction of sp³-hybridized carbons (Fsp3) is 0.0870. The van der Waals surface area contributed by atoms with Crippen LogP contribution in [-0.2, 0) is 4.79 Å². The average molecular weight is 402 g/mol. The fourth-order valence-electron chi connectivity index (χ4n) is 2.80. The van der Waals surface area contributed by atoms with Crippen LogP contribution in [0.15, 0.2) is 72.8 Å². The van der Waals surface area contributed by atoms with Crippen LogP contribution in [0.3, 0.4) is 0 Å². The summed E-state index contributed by atoms with van der Waals surface area (Å²) in [6, 6.07) is 20.8. The molecule has 5 N–H and O–H groups in total. The second kappa shape index (κ2) is 9.38. The summed E-state index contributed by atoms with van der Waals surface area (Å²) < 4.78 is 0. The number of primary amides is 1. The molecule has 0 bridgehead atoms. The van der Waals surface area contributed by atoms with Crippen LogP contribution < -0.4 is 21.7 Å². The number of nitrogens with two attached hydrogens (primary N) is 1. The third-order valence-corrected chi connectivity index (χ3v) is 4.31. The number of rotatable bonds is 7. The summed E-state index contributed by atoms with van der Waals surface area (Å²) in [4.78, 5) is 35.7. The summed E-state index contributed by atoms with van der Waals surface area (Å²) in [5, 5.41) is 8.53. The van der Waals surface area contributed by atoms with Crippen LogP contribution in [0, 0.1) is 6.92 Å². The third-order valence-electron chi connectivity index (χ3n) is 4.31. The van der Waals surface area contributed by atoms with Crippen LogP contribution in [0.2, 0.25) is 0 Å². The van der Waals surface area contributed by atoms with Gasteiger partial charge in [0, 0.05) is 28.2 Å². The minimum atomic E-state index is -0.530. The van der Waals surface area contributed by atoms with E-state index in [2.05, 4.69) is 16.0 Å². The van der Waals surface area contributed by atoms with Gasteiger partial charge >= 0.3 is 0 Å². The molecular formula is C23H22N4O3. The minimum absolute atomic E-state index is 0.0219. The number of carbonyl (C=O) groups is 3. The van der Waals surface area contributed by atoms with Gasteiger partial charge in [-0.25, -0.2) is 0 Å². The van der Waals surface area contributed by atoms with Gasteiger partial charge in [-0.1, -0.05) is 23.8 Å². The number of amides is 3. The number of aryl methyl sites for hydroxylation is 1. The van der Waals surface area contributed by atoms with Gasteiger partial charge in [-0.05, 0) is 61.5 Å². The van der Waals surface area contributed by atoms with E-state index in [-0.39, 0.29) is 18.4 Å². The molecule has 0 aliphatic heterocycles. The lowest BCUT2D eigenvalue weighted by atomic mass is 10.1. The molecule has 0 aromatic heterocycles. The van der Waals surface area contributed by atoms with Gasteiger partial charge in [0.25, 0.3) is 5.91 Å². The molecule has 0 aliphatic carbocycles. The quantitative estimate of drug-likeness (QED) is 0.485. The first kappa shape index (κ1) is 20.6. The lowest BCUT2D eigenvalue weighted by Crippen LogP contribution is -2.22. The van der Waals surface area contributed by atoms with Crippen molar-refractivity contribution in [3.63, 3.8) is 0 Å². The van der Waals surface area contributed by atoms with Gasteiger partial charge in [-0.15, -0.1) is 0 Å². The Morgan fingerprint density at radius 1 is 0.767 bits per heavy atom.